The van der Waals surface area contributed by atoms with E-state index in [4.69, 9.17) is 4.18 Å². The van der Waals surface area contributed by atoms with Gasteiger partial charge in [0, 0.05) is 0 Å². The van der Waals surface area contributed by atoms with E-state index >= 15 is 0 Å². The van der Waals surface area contributed by atoms with Crippen molar-refractivity contribution in [2.75, 3.05) is 12.4 Å². The highest BCUT2D eigenvalue weighted by atomic mass is 32.2. The lowest BCUT2D eigenvalue weighted by Crippen LogP contribution is -2.13. The Morgan fingerprint density at radius 2 is 2.00 bits per heavy atom. The topological polar surface area (TPSA) is 43.4 Å². The van der Waals surface area contributed by atoms with E-state index in [9.17, 15) is 8.42 Å². The predicted octanol–water partition coefficient (Wildman–Crippen LogP) is 1.85. The monoisotopic (exact) mass is 216 g/mol. The first-order valence-corrected chi connectivity index (χ1v) is 6.81. The molecule has 0 aromatic carbocycles. The van der Waals surface area contributed by atoms with E-state index in [1.54, 1.807) is 0 Å². The van der Waals surface area contributed by atoms with Crippen LogP contribution in [0.4, 0.5) is 0 Å². The van der Waals surface area contributed by atoms with Crippen molar-refractivity contribution in [2.45, 2.75) is 32.1 Å². The summed E-state index contributed by atoms with van der Waals surface area (Å²) in [6.07, 6.45) is 7.60. The molecule has 14 heavy (non-hydrogen) atoms. The molecule has 0 bridgehead atoms. The van der Waals surface area contributed by atoms with Gasteiger partial charge in [-0.1, -0.05) is 24.5 Å². The zero-order valence-corrected chi connectivity index (χ0v) is 9.05. The van der Waals surface area contributed by atoms with Crippen molar-refractivity contribution in [2.24, 2.45) is 5.92 Å². The van der Waals surface area contributed by atoms with Crippen LogP contribution in [0.1, 0.15) is 32.1 Å². The van der Waals surface area contributed by atoms with E-state index in [-0.39, 0.29) is 5.75 Å². The van der Waals surface area contributed by atoms with Crippen LogP contribution in [0, 0.1) is 5.92 Å². The molecule has 0 radical (unpaired) electrons. The smallest absolute Gasteiger partial charge is 0.270 e. The maximum Gasteiger partial charge on any atom is 0.271 e. The molecule has 1 aliphatic heterocycles. The molecule has 0 aromatic heterocycles. The van der Waals surface area contributed by atoms with Gasteiger partial charge in [0.2, 0.25) is 0 Å². The van der Waals surface area contributed by atoms with Crippen LogP contribution in [0.15, 0.2) is 11.6 Å². The molecule has 3 nitrogen and oxygen atoms in total. The Labute approximate surface area is 85.3 Å². The van der Waals surface area contributed by atoms with Gasteiger partial charge < -0.3 is 0 Å². The van der Waals surface area contributed by atoms with Gasteiger partial charge in [-0.3, -0.25) is 4.18 Å². The highest BCUT2D eigenvalue weighted by molar-refractivity contribution is 7.86. The molecule has 1 fully saturated rings. The first-order chi connectivity index (χ1) is 6.67. The molecule has 80 valence electrons. The largest absolute Gasteiger partial charge is 0.271 e. The Morgan fingerprint density at radius 1 is 1.29 bits per heavy atom. The van der Waals surface area contributed by atoms with Gasteiger partial charge >= 0.3 is 0 Å². The fourth-order valence-electron chi connectivity index (χ4n) is 2.31. The molecule has 0 unspecified atom stereocenters. The molecule has 2 aliphatic rings. The summed E-state index contributed by atoms with van der Waals surface area (Å²) in [5.74, 6) is 0.629. The molecule has 0 amide bonds. The summed E-state index contributed by atoms with van der Waals surface area (Å²) in [6, 6.07) is 0. The van der Waals surface area contributed by atoms with E-state index in [1.807, 2.05) is 0 Å². The van der Waals surface area contributed by atoms with Gasteiger partial charge in [-0.25, -0.2) is 0 Å². The maximum absolute atomic E-state index is 11.4. The molecule has 0 saturated heterocycles. The van der Waals surface area contributed by atoms with Crippen molar-refractivity contribution in [3.05, 3.63) is 11.6 Å². The minimum absolute atomic E-state index is 0.123. The lowest BCUT2D eigenvalue weighted by atomic mass is 9.98. The molecule has 2 rings (SSSR count). The lowest BCUT2D eigenvalue weighted by Gasteiger charge is -2.12. The second kappa shape index (κ2) is 4.03. The van der Waals surface area contributed by atoms with E-state index in [2.05, 4.69) is 6.08 Å². The van der Waals surface area contributed by atoms with Crippen molar-refractivity contribution in [3.63, 3.8) is 0 Å². The minimum atomic E-state index is -3.27. The van der Waals surface area contributed by atoms with Crippen LogP contribution in [0.25, 0.3) is 0 Å². The van der Waals surface area contributed by atoms with E-state index < -0.39 is 10.1 Å². The Hall–Kier alpha value is -0.350. The quantitative estimate of drug-likeness (QED) is 0.496. The first kappa shape index (κ1) is 10.2. The molecule has 0 aromatic rings. The Balaban J connectivity index is 2.12. The summed E-state index contributed by atoms with van der Waals surface area (Å²) < 4.78 is 27.5. The Bertz CT molecular complexity index is 323. The standard InChI is InChI=1S/C10H16O3S/c11-14(12)8-10(6-3-7-13-14)9-4-1-2-5-9/h6,9H,1-5,7-8H2. The number of rotatable bonds is 1. The summed E-state index contributed by atoms with van der Waals surface area (Å²) in [7, 11) is -3.27. The Kier molecular flexibility index (Phi) is 2.93. The van der Waals surface area contributed by atoms with Crippen molar-refractivity contribution in [1.82, 2.24) is 0 Å². The van der Waals surface area contributed by atoms with Crippen molar-refractivity contribution >= 4 is 10.1 Å². The van der Waals surface area contributed by atoms with Crippen LogP contribution >= 0.6 is 0 Å². The van der Waals surface area contributed by atoms with Crippen LogP contribution in [0.2, 0.25) is 0 Å². The van der Waals surface area contributed by atoms with Gasteiger partial charge in [-0.05, 0) is 25.2 Å². The second-order valence-corrected chi connectivity index (χ2v) is 5.71. The molecule has 1 heterocycles. The normalized spacial score (nSPS) is 28.4. The van der Waals surface area contributed by atoms with Crippen molar-refractivity contribution in [1.29, 1.82) is 0 Å². The van der Waals surface area contributed by atoms with Crippen LogP contribution < -0.4 is 0 Å². The van der Waals surface area contributed by atoms with E-state index in [0.29, 0.717) is 12.5 Å². The van der Waals surface area contributed by atoms with E-state index in [1.165, 1.54) is 12.8 Å². The van der Waals surface area contributed by atoms with Gasteiger partial charge in [0.15, 0.2) is 0 Å². The molecule has 0 N–H and O–H groups in total. The van der Waals surface area contributed by atoms with Crippen molar-refractivity contribution < 1.29 is 12.6 Å². The number of hydrogen-bond donors (Lipinski definition) is 0. The summed E-state index contributed by atoms with van der Waals surface area (Å²) in [6.45, 7) is 0.318. The molecule has 4 heteroatoms. The van der Waals surface area contributed by atoms with Crippen LogP contribution in [-0.2, 0) is 14.3 Å². The third kappa shape index (κ3) is 2.36. The average Bonchev–Trinajstić information content (AvgIpc) is 2.57. The fourth-order valence-corrected chi connectivity index (χ4v) is 3.50. The molecule has 1 saturated carbocycles. The van der Waals surface area contributed by atoms with Gasteiger partial charge in [0.1, 0.15) is 0 Å². The third-order valence-electron chi connectivity index (χ3n) is 3.01. The zero-order chi connectivity index (χ0) is 10.0. The lowest BCUT2D eigenvalue weighted by molar-refractivity contribution is 0.329. The first-order valence-electron chi connectivity index (χ1n) is 5.23. The average molecular weight is 216 g/mol. The van der Waals surface area contributed by atoms with Crippen LogP contribution in [-0.4, -0.2) is 20.8 Å². The van der Waals surface area contributed by atoms with E-state index in [0.717, 1.165) is 24.8 Å². The zero-order valence-electron chi connectivity index (χ0n) is 8.24. The third-order valence-corrected chi connectivity index (χ3v) is 4.22. The van der Waals surface area contributed by atoms with Crippen molar-refractivity contribution in [3.8, 4) is 0 Å². The minimum Gasteiger partial charge on any atom is -0.270 e. The molecular formula is C10H16O3S. The highest BCUT2D eigenvalue weighted by Crippen LogP contribution is 2.32. The van der Waals surface area contributed by atoms with Crippen LogP contribution in [0.5, 0.6) is 0 Å². The Morgan fingerprint density at radius 3 is 2.71 bits per heavy atom. The van der Waals surface area contributed by atoms with Gasteiger partial charge in [0.25, 0.3) is 10.1 Å². The maximum atomic E-state index is 11.4. The summed E-state index contributed by atoms with van der Waals surface area (Å²) >= 11 is 0. The molecule has 0 spiro atoms. The van der Waals surface area contributed by atoms with Gasteiger partial charge in [0.05, 0.1) is 12.4 Å². The second-order valence-electron chi connectivity index (χ2n) is 4.07. The molecule has 1 aliphatic carbocycles. The summed E-state index contributed by atoms with van der Waals surface area (Å²) in [5, 5.41) is 0. The molecule has 0 atom stereocenters. The highest BCUT2D eigenvalue weighted by Gasteiger charge is 2.25. The SMILES string of the molecule is O=S1(=O)CC(C2CCCC2)=CCCO1. The fraction of sp³-hybridized carbons (Fsp3) is 0.800. The molecular weight excluding hydrogens is 200 g/mol. The van der Waals surface area contributed by atoms with Gasteiger partial charge in [-0.2, -0.15) is 8.42 Å². The van der Waals surface area contributed by atoms with Gasteiger partial charge in [-0.15, -0.1) is 0 Å². The summed E-state index contributed by atoms with van der Waals surface area (Å²) in [5.41, 5.74) is 1.10. The predicted molar refractivity (Wildman–Crippen MR) is 54.4 cm³/mol. The number of hydrogen-bond acceptors (Lipinski definition) is 3. The van der Waals surface area contributed by atoms with Crippen LogP contribution in [0.3, 0.4) is 0 Å². The summed E-state index contributed by atoms with van der Waals surface area (Å²) in [4.78, 5) is 0.